The Morgan fingerprint density at radius 1 is 0.265 bits per heavy atom. The molecule has 8 aromatic rings. The Balaban J connectivity index is 1.29. The van der Waals surface area contributed by atoms with Gasteiger partial charge in [0, 0.05) is 40.6 Å². The lowest BCUT2D eigenvalue weighted by atomic mass is 9.93. The van der Waals surface area contributed by atoms with Gasteiger partial charge < -0.3 is 4.90 Å². The van der Waals surface area contributed by atoms with E-state index in [1.165, 1.54) is 22.3 Å². The first-order valence-electron chi connectivity index (χ1n) is 16.5. The van der Waals surface area contributed by atoms with Gasteiger partial charge in [0.1, 0.15) is 0 Å². The second-order valence-electron chi connectivity index (χ2n) is 11.9. The molecule has 0 fully saturated rings. The molecule has 0 aliphatic heterocycles. The summed E-state index contributed by atoms with van der Waals surface area (Å²) in [6.07, 6.45) is 3.68. The normalized spacial score (nSPS) is 10.9. The van der Waals surface area contributed by atoms with E-state index in [4.69, 9.17) is 0 Å². The fourth-order valence-electron chi connectivity index (χ4n) is 6.34. The molecule has 0 aliphatic carbocycles. The molecule has 2 aromatic heterocycles. The zero-order valence-corrected chi connectivity index (χ0v) is 26.9. The Kier molecular flexibility index (Phi) is 8.30. The molecule has 0 amide bonds. The minimum Gasteiger partial charge on any atom is -0.310 e. The van der Waals surface area contributed by atoms with Gasteiger partial charge in [-0.05, 0) is 112 Å². The molecule has 0 radical (unpaired) electrons. The van der Waals surface area contributed by atoms with E-state index < -0.39 is 0 Å². The summed E-state index contributed by atoms with van der Waals surface area (Å²) in [7, 11) is 0. The summed E-state index contributed by atoms with van der Waals surface area (Å²) in [5.74, 6) is 0. The first-order chi connectivity index (χ1) is 24.3. The summed E-state index contributed by atoms with van der Waals surface area (Å²) in [5, 5.41) is 0. The SMILES string of the molecule is c1ccc(-c2cc(-c3ccccc3)cc(-c3cccc(N(c4cccc(-c5ccccn5)c4)c4cccc(-c5ccccn5)c4)c3)c2)cc1. The number of benzene rings is 6. The van der Waals surface area contributed by atoms with Crippen LogP contribution in [0.25, 0.3) is 55.9 Å². The van der Waals surface area contributed by atoms with Crippen molar-refractivity contribution in [1.29, 1.82) is 0 Å². The van der Waals surface area contributed by atoms with Crippen molar-refractivity contribution in [1.82, 2.24) is 9.97 Å². The van der Waals surface area contributed by atoms with Crippen LogP contribution < -0.4 is 4.90 Å². The average Bonchev–Trinajstić information content (AvgIpc) is 3.19. The van der Waals surface area contributed by atoms with Crippen LogP contribution in [0.2, 0.25) is 0 Å². The van der Waals surface area contributed by atoms with Gasteiger partial charge >= 0.3 is 0 Å². The fourth-order valence-corrected chi connectivity index (χ4v) is 6.34. The van der Waals surface area contributed by atoms with Gasteiger partial charge in [0.05, 0.1) is 11.4 Å². The maximum atomic E-state index is 4.64. The van der Waals surface area contributed by atoms with Crippen LogP contribution in [0.1, 0.15) is 0 Å². The van der Waals surface area contributed by atoms with E-state index in [1.54, 1.807) is 0 Å². The number of aromatic nitrogens is 2. The van der Waals surface area contributed by atoms with Crippen LogP contribution >= 0.6 is 0 Å². The van der Waals surface area contributed by atoms with E-state index in [0.717, 1.165) is 50.7 Å². The maximum absolute atomic E-state index is 4.64. The molecule has 0 unspecified atom stereocenters. The molecular formula is C46H33N3. The highest BCUT2D eigenvalue weighted by molar-refractivity contribution is 5.86. The van der Waals surface area contributed by atoms with Crippen LogP contribution in [-0.4, -0.2) is 9.97 Å². The van der Waals surface area contributed by atoms with Crippen molar-refractivity contribution in [2.75, 3.05) is 4.90 Å². The molecule has 6 aromatic carbocycles. The van der Waals surface area contributed by atoms with Crippen molar-refractivity contribution in [3.63, 3.8) is 0 Å². The standard InChI is InChI=1S/C46H33N3/c1-3-14-34(15-4-1)39-28-40(35-16-5-2-6-17-35)30-41(29-39)36-18-11-21-42(31-36)49(43-22-12-19-37(32-43)45-24-7-9-26-47-45)44-23-13-20-38(33-44)46-25-8-10-27-48-46/h1-33H. The third-order valence-electron chi connectivity index (χ3n) is 8.71. The van der Waals surface area contributed by atoms with Gasteiger partial charge in [0.25, 0.3) is 0 Å². The lowest BCUT2D eigenvalue weighted by Gasteiger charge is -2.27. The smallest absolute Gasteiger partial charge is 0.0702 e. The Labute approximate surface area is 287 Å². The molecule has 0 bridgehead atoms. The van der Waals surface area contributed by atoms with Crippen molar-refractivity contribution >= 4 is 17.1 Å². The number of hydrogen-bond donors (Lipinski definition) is 0. The zero-order chi connectivity index (χ0) is 32.8. The van der Waals surface area contributed by atoms with E-state index in [2.05, 4.69) is 179 Å². The Morgan fingerprint density at radius 2 is 0.633 bits per heavy atom. The largest absolute Gasteiger partial charge is 0.310 e. The van der Waals surface area contributed by atoms with Gasteiger partial charge in [-0.2, -0.15) is 0 Å². The summed E-state index contributed by atoms with van der Waals surface area (Å²) < 4.78 is 0. The van der Waals surface area contributed by atoms with Gasteiger partial charge in [0.15, 0.2) is 0 Å². The highest BCUT2D eigenvalue weighted by Crippen LogP contribution is 2.40. The van der Waals surface area contributed by atoms with Crippen LogP contribution in [0.3, 0.4) is 0 Å². The van der Waals surface area contributed by atoms with Crippen LogP contribution in [0, 0.1) is 0 Å². The molecule has 2 heterocycles. The van der Waals surface area contributed by atoms with Crippen molar-refractivity contribution in [3.05, 3.63) is 200 Å². The monoisotopic (exact) mass is 627 g/mol. The molecule has 3 heteroatoms. The predicted molar refractivity (Wildman–Crippen MR) is 204 cm³/mol. The molecule has 0 saturated heterocycles. The van der Waals surface area contributed by atoms with Crippen LogP contribution in [0.4, 0.5) is 17.1 Å². The molecule has 3 nitrogen and oxygen atoms in total. The first kappa shape index (κ1) is 29.8. The molecule has 0 saturated carbocycles. The number of nitrogens with zero attached hydrogens (tertiary/aromatic N) is 3. The second kappa shape index (κ2) is 13.6. The number of rotatable bonds is 8. The van der Waals surface area contributed by atoms with E-state index in [0.29, 0.717) is 0 Å². The molecule has 8 rings (SSSR count). The molecule has 0 aliphatic rings. The van der Waals surface area contributed by atoms with Gasteiger partial charge in [0.2, 0.25) is 0 Å². The van der Waals surface area contributed by atoms with Gasteiger partial charge in [-0.3, -0.25) is 9.97 Å². The second-order valence-corrected chi connectivity index (χ2v) is 11.9. The fraction of sp³-hybridized carbons (Fsp3) is 0. The van der Waals surface area contributed by atoms with E-state index in [9.17, 15) is 0 Å². The van der Waals surface area contributed by atoms with Crippen molar-refractivity contribution in [3.8, 4) is 55.9 Å². The lowest BCUT2D eigenvalue weighted by Crippen LogP contribution is -2.10. The molecule has 0 N–H and O–H groups in total. The quantitative estimate of drug-likeness (QED) is 0.168. The lowest BCUT2D eigenvalue weighted by molar-refractivity contribution is 1.27. The third kappa shape index (κ3) is 6.51. The highest BCUT2D eigenvalue weighted by atomic mass is 15.1. The van der Waals surface area contributed by atoms with Gasteiger partial charge in [-0.25, -0.2) is 0 Å². The van der Waals surface area contributed by atoms with Crippen molar-refractivity contribution in [2.45, 2.75) is 0 Å². The van der Waals surface area contributed by atoms with Gasteiger partial charge in [-0.15, -0.1) is 0 Å². The number of hydrogen-bond acceptors (Lipinski definition) is 3. The molecule has 49 heavy (non-hydrogen) atoms. The Bertz CT molecular complexity index is 2180. The van der Waals surface area contributed by atoms with Crippen molar-refractivity contribution in [2.24, 2.45) is 0 Å². The molecule has 232 valence electrons. The van der Waals surface area contributed by atoms with Crippen LogP contribution in [-0.2, 0) is 0 Å². The summed E-state index contributed by atoms with van der Waals surface area (Å²) in [6.45, 7) is 0. The van der Waals surface area contributed by atoms with Crippen LogP contribution in [0.5, 0.6) is 0 Å². The minimum absolute atomic E-state index is 0.937. The highest BCUT2D eigenvalue weighted by Gasteiger charge is 2.16. The Morgan fingerprint density at radius 3 is 1.06 bits per heavy atom. The average molecular weight is 628 g/mol. The van der Waals surface area contributed by atoms with Crippen molar-refractivity contribution < 1.29 is 0 Å². The minimum atomic E-state index is 0.937. The van der Waals surface area contributed by atoms with E-state index in [1.807, 2.05) is 36.7 Å². The van der Waals surface area contributed by atoms with E-state index in [-0.39, 0.29) is 0 Å². The Hall–Kier alpha value is -6.58. The number of pyridine rings is 2. The molecule has 0 atom stereocenters. The summed E-state index contributed by atoms with van der Waals surface area (Å²) in [6, 6.07) is 66.2. The maximum Gasteiger partial charge on any atom is 0.0702 e. The first-order valence-corrected chi connectivity index (χ1v) is 16.5. The summed E-state index contributed by atoms with van der Waals surface area (Å²) in [4.78, 5) is 11.6. The topological polar surface area (TPSA) is 29.0 Å². The third-order valence-corrected chi connectivity index (χ3v) is 8.71. The predicted octanol–water partition coefficient (Wildman–Crippen LogP) is 12.3. The molecular weight excluding hydrogens is 595 g/mol. The number of anilines is 3. The zero-order valence-electron chi connectivity index (χ0n) is 26.9. The van der Waals surface area contributed by atoms with Gasteiger partial charge in [-0.1, -0.05) is 109 Å². The summed E-state index contributed by atoms with van der Waals surface area (Å²) in [5.41, 5.74) is 14.2. The summed E-state index contributed by atoms with van der Waals surface area (Å²) >= 11 is 0. The van der Waals surface area contributed by atoms with E-state index >= 15 is 0 Å². The molecule has 0 spiro atoms. The van der Waals surface area contributed by atoms with Crippen LogP contribution in [0.15, 0.2) is 200 Å².